The Morgan fingerprint density at radius 2 is 1.89 bits per heavy atom. The van der Waals surface area contributed by atoms with E-state index in [1.54, 1.807) is 43.3 Å². The highest BCUT2D eigenvalue weighted by atomic mass is 32.1. The Kier molecular flexibility index (Phi) is 8.46. The van der Waals surface area contributed by atoms with Crippen molar-refractivity contribution in [2.75, 3.05) is 17.7 Å². The summed E-state index contributed by atoms with van der Waals surface area (Å²) in [4.78, 5) is 40.7. The minimum Gasteiger partial charge on any atom is -0.489 e. The number of nitrogens with zero attached hydrogens (tertiary/aromatic N) is 1. The van der Waals surface area contributed by atoms with Gasteiger partial charge in [0, 0.05) is 34.0 Å². The van der Waals surface area contributed by atoms with Gasteiger partial charge in [0.25, 0.3) is 5.91 Å². The van der Waals surface area contributed by atoms with E-state index in [1.165, 1.54) is 23.6 Å². The maximum atomic E-state index is 12.8. The predicted molar refractivity (Wildman–Crippen MR) is 145 cm³/mol. The molecule has 5 N–H and O–H groups in total. The molecular formula is C27H28N4O5S. The fourth-order valence-corrected chi connectivity index (χ4v) is 4.66. The average molecular weight is 521 g/mol. The standard InChI is InChI=1S/C26H24N4O5S.CH4/c1-3-34-26(33)19-11-29-23(27)21-17(13-36-22(19)21)12-35-20-10-16(8-7-14(20)2)25(32)30-18-6-4-5-15(9-18)24(28)31;/h4-11,13H,3,12H2,1-2H3,(H2,27,29)(H2,28,31)(H,30,32);1H4. The van der Waals surface area contributed by atoms with E-state index < -0.39 is 11.9 Å². The Bertz CT molecular complexity index is 1480. The van der Waals surface area contributed by atoms with E-state index >= 15 is 0 Å². The van der Waals surface area contributed by atoms with Gasteiger partial charge in [0.15, 0.2) is 0 Å². The molecule has 192 valence electrons. The minimum absolute atomic E-state index is 0. The highest BCUT2D eigenvalue weighted by Gasteiger charge is 2.19. The molecule has 9 nitrogen and oxygen atoms in total. The second-order valence-corrected chi connectivity index (χ2v) is 8.79. The van der Waals surface area contributed by atoms with Crippen molar-refractivity contribution < 1.29 is 23.9 Å². The molecule has 2 aromatic heterocycles. The Morgan fingerprint density at radius 1 is 1.11 bits per heavy atom. The van der Waals surface area contributed by atoms with E-state index in [2.05, 4.69) is 10.3 Å². The van der Waals surface area contributed by atoms with E-state index in [0.29, 0.717) is 44.0 Å². The average Bonchev–Trinajstić information content (AvgIpc) is 3.29. The molecule has 0 radical (unpaired) electrons. The summed E-state index contributed by atoms with van der Waals surface area (Å²) in [5, 5.41) is 5.27. The Morgan fingerprint density at radius 3 is 2.62 bits per heavy atom. The summed E-state index contributed by atoms with van der Waals surface area (Å²) < 4.78 is 11.9. The maximum Gasteiger partial charge on any atom is 0.341 e. The second kappa shape index (κ2) is 11.5. The summed E-state index contributed by atoms with van der Waals surface area (Å²) in [5.74, 6) is -0.597. The zero-order chi connectivity index (χ0) is 25.8. The number of esters is 1. The highest BCUT2D eigenvalue weighted by Crippen LogP contribution is 2.34. The first-order valence-electron chi connectivity index (χ1n) is 11.0. The number of rotatable bonds is 8. The maximum absolute atomic E-state index is 12.8. The van der Waals surface area contributed by atoms with Gasteiger partial charge in [-0.05, 0) is 55.1 Å². The number of carbonyl (C=O) groups is 3. The van der Waals surface area contributed by atoms with Crippen LogP contribution >= 0.6 is 11.3 Å². The predicted octanol–water partition coefficient (Wildman–Crippen LogP) is 4.93. The molecule has 0 saturated carbocycles. The van der Waals surface area contributed by atoms with Gasteiger partial charge >= 0.3 is 5.97 Å². The number of anilines is 2. The van der Waals surface area contributed by atoms with Crippen LogP contribution in [0.15, 0.2) is 54.0 Å². The number of carbonyl (C=O) groups excluding carboxylic acids is 3. The van der Waals surface area contributed by atoms with Gasteiger partial charge in [-0.2, -0.15) is 0 Å². The fraction of sp³-hybridized carbons (Fsp3) is 0.185. The summed E-state index contributed by atoms with van der Waals surface area (Å²) in [6.07, 6.45) is 1.42. The van der Waals surface area contributed by atoms with E-state index in [-0.39, 0.29) is 26.5 Å². The molecule has 2 aromatic carbocycles. The molecule has 2 amide bonds. The van der Waals surface area contributed by atoms with Gasteiger partial charge in [-0.15, -0.1) is 11.3 Å². The van der Waals surface area contributed by atoms with E-state index in [0.717, 1.165) is 11.1 Å². The molecule has 0 aliphatic heterocycles. The third kappa shape index (κ3) is 5.87. The molecule has 0 saturated heterocycles. The number of thiophene rings is 1. The number of aromatic nitrogens is 1. The SMILES string of the molecule is C.CCOC(=O)c1cnc(N)c2c(COc3cc(C(=O)Nc4cccc(C(N)=O)c4)ccc3C)csc12. The lowest BCUT2D eigenvalue weighted by Gasteiger charge is -2.12. The zero-order valence-corrected chi connectivity index (χ0v) is 20.5. The zero-order valence-electron chi connectivity index (χ0n) is 19.7. The topological polar surface area (TPSA) is 147 Å². The summed E-state index contributed by atoms with van der Waals surface area (Å²) in [7, 11) is 0. The molecule has 0 unspecified atom stereocenters. The van der Waals surface area contributed by atoms with Gasteiger partial charge in [-0.3, -0.25) is 9.59 Å². The van der Waals surface area contributed by atoms with Gasteiger partial charge < -0.3 is 26.3 Å². The minimum atomic E-state index is -0.580. The van der Waals surface area contributed by atoms with Crippen LogP contribution in [0.4, 0.5) is 11.5 Å². The van der Waals surface area contributed by atoms with Crippen molar-refractivity contribution in [1.82, 2.24) is 4.98 Å². The first-order chi connectivity index (χ1) is 17.3. The number of hydrogen-bond acceptors (Lipinski definition) is 8. The van der Waals surface area contributed by atoms with Crippen molar-refractivity contribution in [2.24, 2.45) is 5.73 Å². The van der Waals surface area contributed by atoms with Crippen molar-refractivity contribution in [1.29, 1.82) is 0 Å². The number of aryl methyl sites for hydroxylation is 1. The van der Waals surface area contributed by atoms with E-state index in [1.807, 2.05) is 12.3 Å². The van der Waals surface area contributed by atoms with Crippen LogP contribution in [0, 0.1) is 6.92 Å². The van der Waals surface area contributed by atoms with Crippen LogP contribution in [0.3, 0.4) is 0 Å². The Balaban J connectivity index is 0.00000380. The van der Waals surface area contributed by atoms with E-state index in [9.17, 15) is 14.4 Å². The first kappa shape index (κ1) is 27.2. The van der Waals surface area contributed by atoms with Gasteiger partial charge in [-0.25, -0.2) is 9.78 Å². The van der Waals surface area contributed by atoms with Crippen LogP contribution in [-0.4, -0.2) is 29.4 Å². The van der Waals surface area contributed by atoms with Crippen LogP contribution < -0.4 is 21.5 Å². The molecular weight excluding hydrogens is 492 g/mol. The molecule has 10 heteroatoms. The number of hydrogen-bond donors (Lipinski definition) is 3. The third-order valence-electron chi connectivity index (χ3n) is 5.43. The largest absolute Gasteiger partial charge is 0.489 e. The number of pyridine rings is 1. The van der Waals surface area contributed by atoms with Crippen molar-refractivity contribution in [3.05, 3.63) is 81.9 Å². The lowest BCUT2D eigenvalue weighted by molar-refractivity contribution is 0.0528. The second-order valence-electron chi connectivity index (χ2n) is 7.91. The van der Waals surface area contributed by atoms with Gasteiger partial charge in [-0.1, -0.05) is 19.6 Å². The number of primary amides is 1. The summed E-state index contributed by atoms with van der Waals surface area (Å²) in [6, 6.07) is 11.5. The lowest BCUT2D eigenvalue weighted by Crippen LogP contribution is -2.14. The molecule has 2 heterocycles. The summed E-state index contributed by atoms with van der Waals surface area (Å²) in [6.45, 7) is 4.02. The van der Waals surface area contributed by atoms with Gasteiger partial charge in [0.2, 0.25) is 5.91 Å². The van der Waals surface area contributed by atoms with Crippen LogP contribution in [-0.2, 0) is 11.3 Å². The van der Waals surface area contributed by atoms with Crippen molar-refractivity contribution in [2.45, 2.75) is 27.9 Å². The molecule has 4 aromatic rings. The van der Waals surface area contributed by atoms with Crippen LogP contribution in [0.1, 0.15) is 56.6 Å². The number of amides is 2. The number of nitrogens with two attached hydrogens (primary N) is 2. The monoisotopic (exact) mass is 520 g/mol. The highest BCUT2D eigenvalue weighted by molar-refractivity contribution is 7.17. The van der Waals surface area contributed by atoms with Gasteiger partial charge in [0.05, 0.1) is 16.9 Å². The molecule has 0 bridgehead atoms. The molecule has 0 aliphatic rings. The van der Waals surface area contributed by atoms with E-state index in [4.69, 9.17) is 20.9 Å². The van der Waals surface area contributed by atoms with Crippen LogP contribution in [0.5, 0.6) is 5.75 Å². The quantitative estimate of drug-likeness (QED) is 0.279. The summed E-state index contributed by atoms with van der Waals surface area (Å²) >= 11 is 1.36. The van der Waals surface area contributed by atoms with Crippen LogP contribution in [0.25, 0.3) is 10.1 Å². The molecule has 0 spiro atoms. The Labute approximate surface area is 218 Å². The van der Waals surface area contributed by atoms with Crippen molar-refractivity contribution in [3.63, 3.8) is 0 Å². The van der Waals surface area contributed by atoms with Crippen LogP contribution in [0.2, 0.25) is 0 Å². The number of nitrogen functional groups attached to an aromatic ring is 1. The fourth-order valence-electron chi connectivity index (χ4n) is 3.60. The van der Waals surface area contributed by atoms with Gasteiger partial charge in [0.1, 0.15) is 18.2 Å². The Hall–Kier alpha value is -4.44. The first-order valence-corrected chi connectivity index (χ1v) is 11.9. The number of benzene rings is 2. The number of fused-ring (bicyclic) bond motifs is 1. The lowest BCUT2D eigenvalue weighted by atomic mass is 10.1. The molecule has 0 fully saturated rings. The molecule has 0 aliphatic carbocycles. The molecule has 4 rings (SSSR count). The molecule has 0 atom stereocenters. The third-order valence-corrected chi connectivity index (χ3v) is 6.50. The number of ether oxygens (including phenoxy) is 2. The van der Waals surface area contributed by atoms with Crippen molar-refractivity contribution >= 4 is 50.7 Å². The molecule has 37 heavy (non-hydrogen) atoms. The summed E-state index contributed by atoms with van der Waals surface area (Å²) in [5.41, 5.74) is 14.5. The number of nitrogens with one attached hydrogen (secondary N) is 1. The normalized spacial score (nSPS) is 10.4. The smallest absolute Gasteiger partial charge is 0.341 e. The van der Waals surface area contributed by atoms with Crippen molar-refractivity contribution in [3.8, 4) is 5.75 Å².